The fourth-order valence-electron chi connectivity index (χ4n) is 1.80. The van der Waals surface area contributed by atoms with E-state index < -0.39 is 5.97 Å². The van der Waals surface area contributed by atoms with Crippen LogP contribution in [0.5, 0.6) is 0 Å². The Morgan fingerprint density at radius 1 is 1.44 bits per heavy atom. The molecule has 0 radical (unpaired) electrons. The number of hydrogen-bond donors (Lipinski definition) is 1. The molecule has 0 aliphatic rings. The average molecular weight is 248 g/mol. The Bertz CT molecular complexity index is 578. The monoisotopic (exact) mass is 248 g/mol. The molecule has 0 bridgehead atoms. The largest absolute Gasteiger partial charge is 0.481 e. The Balaban J connectivity index is 2.31. The van der Waals surface area contributed by atoms with Crippen molar-refractivity contribution >= 4 is 5.97 Å². The standard InChI is InChI=1S/C13H13FN2O2/c1-9-10(6-7-13(17)18)8-15-16(9)12-5-3-2-4-11(12)14/h2-5,8H,6-7H2,1H3,(H,17,18). The van der Waals surface area contributed by atoms with Gasteiger partial charge >= 0.3 is 5.97 Å². The van der Waals surface area contributed by atoms with Crippen LogP contribution >= 0.6 is 0 Å². The van der Waals surface area contributed by atoms with Crippen LogP contribution in [-0.2, 0) is 11.2 Å². The van der Waals surface area contributed by atoms with Crippen molar-refractivity contribution in [2.45, 2.75) is 19.8 Å². The van der Waals surface area contributed by atoms with Crippen molar-refractivity contribution in [2.24, 2.45) is 0 Å². The number of aryl methyl sites for hydroxylation is 1. The van der Waals surface area contributed by atoms with Crippen LogP contribution in [0, 0.1) is 12.7 Å². The minimum atomic E-state index is -0.854. The van der Waals surface area contributed by atoms with E-state index in [1.165, 1.54) is 10.7 Å². The van der Waals surface area contributed by atoms with Crippen molar-refractivity contribution in [1.29, 1.82) is 0 Å². The van der Waals surface area contributed by atoms with Gasteiger partial charge in [-0.15, -0.1) is 0 Å². The smallest absolute Gasteiger partial charge is 0.303 e. The first kappa shape index (κ1) is 12.3. The number of hydrogen-bond acceptors (Lipinski definition) is 2. The number of halogens is 1. The molecule has 2 rings (SSSR count). The predicted molar refractivity (Wildman–Crippen MR) is 64.2 cm³/mol. The van der Waals surface area contributed by atoms with Gasteiger partial charge in [0.05, 0.1) is 6.20 Å². The molecule has 94 valence electrons. The highest BCUT2D eigenvalue weighted by atomic mass is 19.1. The molecular formula is C13H13FN2O2. The Labute approximate surface area is 104 Å². The van der Waals surface area contributed by atoms with Crippen molar-refractivity contribution in [2.75, 3.05) is 0 Å². The Morgan fingerprint density at radius 2 is 2.17 bits per heavy atom. The molecule has 1 heterocycles. The fraction of sp³-hybridized carbons (Fsp3) is 0.231. The molecule has 0 saturated heterocycles. The second-order valence-corrected chi connectivity index (χ2v) is 4.01. The number of carboxylic acid groups (broad SMARTS) is 1. The van der Waals surface area contributed by atoms with Crippen LogP contribution in [0.2, 0.25) is 0 Å². The lowest BCUT2D eigenvalue weighted by Gasteiger charge is -2.06. The first-order chi connectivity index (χ1) is 8.59. The summed E-state index contributed by atoms with van der Waals surface area (Å²) >= 11 is 0. The van der Waals surface area contributed by atoms with Crippen molar-refractivity contribution in [3.8, 4) is 5.69 Å². The Kier molecular flexibility index (Phi) is 3.41. The highest BCUT2D eigenvalue weighted by Gasteiger charge is 2.11. The Hall–Kier alpha value is -2.17. The highest BCUT2D eigenvalue weighted by Crippen LogP contribution is 2.17. The molecule has 0 saturated carbocycles. The van der Waals surface area contributed by atoms with Crippen LogP contribution in [0.3, 0.4) is 0 Å². The number of carbonyl (C=O) groups is 1. The molecule has 0 unspecified atom stereocenters. The van der Waals surface area contributed by atoms with Crippen LogP contribution in [0.15, 0.2) is 30.5 Å². The van der Waals surface area contributed by atoms with Gasteiger partial charge in [0, 0.05) is 12.1 Å². The van der Waals surface area contributed by atoms with Crippen molar-refractivity contribution in [1.82, 2.24) is 9.78 Å². The zero-order valence-electron chi connectivity index (χ0n) is 9.93. The summed E-state index contributed by atoms with van der Waals surface area (Å²) < 4.78 is 15.1. The van der Waals surface area contributed by atoms with Gasteiger partial charge in [-0.25, -0.2) is 9.07 Å². The first-order valence-electron chi connectivity index (χ1n) is 5.60. The summed E-state index contributed by atoms with van der Waals surface area (Å²) in [5.41, 5.74) is 1.96. The average Bonchev–Trinajstić information content (AvgIpc) is 2.69. The van der Waals surface area contributed by atoms with Crippen LogP contribution in [0.1, 0.15) is 17.7 Å². The van der Waals surface area contributed by atoms with E-state index in [-0.39, 0.29) is 12.2 Å². The number of aromatic nitrogens is 2. The summed E-state index contributed by atoms with van der Waals surface area (Å²) in [6.07, 6.45) is 2.03. The maximum absolute atomic E-state index is 13.6. The number of rotatable bonds is 4. The third kappa shape index (κ3) is 2.40. The van der Waals surface area contributed by atoms with Gasteiger partial charge in [-0.05, 0) is 31.0 Å². The van der Waals surface area contributed by atoms with Crippen LogP contribution < -0.4 is 0 Å². The van der Waals surface area contributed by atoms with Gasteiger partial charge in [0.2, 0.25) is 0 Å². The molecule has 0 amide bonds. The van der Waals surface area contributed by atoms with E-state index in [2.05, 4.69) is 5.10 Å². The summed E-state index contributed by atoms with van der Waals surface area (Å²) in [6, 6.07) is 6.35. The van der Waals surface area contributed by atoms with E-state index in [1.807, 2.05) is 0 Å². The maximum atomic E-state index is 13.6. The molecule has 1 N–H and O–H groups in total. The second-order valence-electron chi connectivity index (χ2n) is 4.01. The molecule has 5 heteroatoms. The molecule has 0 fully saturated rings. The molecule has 0 spiro atoms. The number of benzene rings is 1. The molecular weight excluding hydrogens is 235 g/mol. The third-order valence-corrected chi connectivity index (χ3v) is 2.80. The van der Waals surface area contributed by atoms with Crippen LogP contribution in [-0.4, -0.2) is 20.9 Å². The van der Waals surface area contributed by atoms with Crippen LogP contribution in [0.25, 0.3) is 5.69 Å². The zero-order chi connectivity index (χ0) is 13.1. The third-order valence-electron chi connectivity index (χ3n) is 2.80. The summed E-state index contributed by atoms with van der Waals surface area (Å²) in [4.78, 5) is 10.5. The van der Waals surface area contributed by atoms with E-state index in [4.69, 9.17) is 5.11 Å². The number of nitrogens with zero attached hydrogens (tertiary/aromatic N) is 2. The summed E-state index contributed by atoms with van der Waals surface area (Å²) in [5.74, 6) is -1.21. The van der Waals surface area contributed by atoms with Crippen molar-refractivity contribution in [3.63, 3.8) is 0 Å². The Morgan fingerprint density at radius 3 is 2.83 bits per heavy atom. The van der Waals surface area contributed by atoms with E-state index in [1.54, 1.807) is 31.3 Å². The van der Waals surface area contributed by atoms with Gasteiger partial charge in [-0.2, -0.15) is 5.10 Å². The summed E-state index contributed by atoms with van der Waals surface area (Å²) in [5, 5.41) is 12.8. The molecule has 1 aromatic heterocycles. The molecule has 18 heavy (non-hydrogen) atoms. The highest BCUT2D eigenvalue weighted by molar-refractivity contribution is 5.67. The molecule has 1 aromatic carbocycles. The second kappa shape index (κ2) is 5.00. The topological polar surface area (TPSA) is 55.1 Å². The van der Waals surface area contributed by atoms with Crippen molar-refractivity contribution in [3.05, 3.63) is 47.5 Å². The minimum absolute atomic E-state index is 0.0454. The van der Waals surface area contributed by atoms with E-state index in [9.17, 15) is 9.18 Å². The van der Waals surface area contributed by atoms with Gasteiger partial charge in [0.15, 0.2) is 0 Å². The molecule has 0 atom stereocenters. The van der Waals surface area contributed by atoms with Gasteiger partial charge in [-0.1, -0.05) is 12.1 Å². The number of para-hydroxylation sites is 1. The molecule has 0 aliphatic carbocycles. The fourth-order valence-corrected chi connectivity index (χ4v) is 1.80. The predicted octanol–water partition coefficient (Wildman–Crippen LogP) is 2.34. The maximum Gasteiger partial charge on any atom is 0.303 e. The van der Waals surface area contributed by atoms with E-state index in [0.717, 1.165) is 11.3 Å². The van der Waals surface area contributed by atoms with Gasteiger partial charge in [0.25, 0.3) is 0 Å². The quantitative estimate of drug-likeness (QED) is 0.903. The molecule has 4 nitrogen and oxygen atoms in total. The lowest BCUT2D eigenvalue weighted by molar-refractivity contribution is -0.136. The zero-order valence-corrected chi connectivity index (χ0v) is 9.93. The lowest BCUT2D eigenvalue weighted by Crippen LogP contribution is -2.03. The van der Waals surface area contributed by atoms with E-state index >= 15 is 0 Å². The lowest BCUT2D eigenvalue weighted by atomic mass is 10.1. The number of carboxylic acids is 1. The van der Waals surface area contributed by atoms with Crippen molar-refractivity contribution < 1.29 is 14.3 Å². The minimum Gasteiger partial charge on any atom is -0.481 e. The number of aliphatic carboxylic acids is 1. The summed E-state index contributed by atoms with van der Waals surface area (Å²) in [6.45, 7) is 1.80. The van der Waals surface area contributed by atoms with Gasteiger partial charge in [0.1, 0.15) is 11.5 Å². The van der Waals surface area contributed by atoms with E-state index in [0.29, 0.717) is 12.1 Å². The van der Waals surface area contributed by atoms with Gasteiger partial charge < -0.3 is 5.11 Å². The van der Waals surface area contributed by atoms with Gasteiger partial charge in [-0.3, -0.25) is 4.79 Å². The molecule has 2 aromatic rings. The van der Waals surface area contributed by atoms with Crippen LogP contribution in [0.4, 0.5) is 4.39 Å². The molecule has 0 aliphatic heterocycles. The first-order valence-corrected chi connectivity index (χ1v) is 5.60. The normalized spacial score (nSPS) is 10.6. The summed E-state index contributed by atoms with van der Waals surface area (Å²) in [7, 11) is 0. The SMILES string of the molecule is Cc1c(CCC(=O)O)cnn1-c1ccccc1F.